The number of nitrogens with zero attached hydrogens (tertiary/aromatic N) is 2. The molecule has 5 heteroatoms. The third-order valence-corrected chi connectivity index (χ3v) is 5.08. The van der Waals surface area contributed by atoms with Gasteiger partial charge in [-0.2, -0.15) is 0 Å². The largest absolute Gasteiger partial charge is 0.332 e. The van der Waals surface area contributed by atoms with Crippen molar-refractivity contribution in [3.05, 3.63) is 96.1 Å². The fraction of sp³-hybridized carbons (Fsp3) is 0.115. The van der Waals surface area contributed by atoms with Gasteiger partial charge in [0.25, 0.3) is 5.91 Å². The number of fused-ring (bicyclic) bond motifs is 1. The molecule has 2 amide bonds. The van der Waals surface area contributed by atoms with Gasteiger partial charge in [-0.3, -0.25) is 9.59 Å². The van der Waals surface area contributed by atoms with E-state index >= 15 is 0 Å². The lowest BCUT2D eigenvalue weighted by Crippen LogP contribution is -2.35. The van der Waals surface area contributed by atoms with E-state index in [4.69, 9.17) is 4.98 Å². The van der Waals surface area contributed by atoms with Crippen LogP contribution >= 0.6 is 0 Å². The van der Waals surface area contributed by atoms with Crippen molar-refractivity contribution in [3.8, 4) is 11.3 Å². The minimum atomic E-state index is -0.249. The van der Waals surface area contributed by atoms with E-state index in [0.717, 1.165) is 27.7 Å². The first-order valence-corrected chi connectivity index (χ1v) is 10.1. The third-order valence-electron chi connectivity index (χ3n) is 5.08. The lowest BCUT2D eigenvalue weighted by Gasteiger charge is -2.18. The second-order valence-electron chi connectivity index (χ2n) is 7.51. The molecule has 0 aliphatic rings. The van der Waals surface area contributed by atoms with Gasteiger partial charge < -0.3 is 10.2 Å². The molecule has 0 atom stereocenters. The van der Waals surface area contributed by atoms with E-state index in [2.05, 4.69) is 5.32 Å². The van der Waals surface area contributed by atoms with Crippen LogP contribution in [-0.4, -0.2) is 35.3 Å². The Morgan fingerprint density at radius 1 is 0.903 bits per heavy atom. The Bertz CT molecular complexity index is 1230. The van der Waals surface area contributed by atoms with E-state index in [1.165, 1.54) is 4.90 Å². The molecular formula is C26H23N3O2. The summed E-state index contributed by atoms with van der Waals surface area (Å²) in [5.74, 6) is -0.476. The summed E-state index contributed by atoms with van der Waals surface area (Å²) in [5.41, 5.74) is 4.74. The molecule has 0 spiro atoms. The zero-order valence-corrected chi connectivity index (χ0v) is 17.5. The molecule has 0 aliphatic heterocycles. The number of pyridine rings is 1. The highest BCUT2D eigenvalue weighted by molar-refractivity contribution is 6.08. The Labute approximate surface area is 181 Å². The zero-order valence-electron chi connectivity index (χ0n) is 17.5. The number of carbonyl (C=O) groups is 2. The second-order valence-corrected chi connectivity index (χ2v) is 7.51. The Kier molecular flexibility index (Phi) is 5.76. The molecule has 5 nitrogen and oxygen atoms in total. The van der Waals surface area contributed by atoms with Crippen LogP contribution in [-0.2, 0) is 4.79 Å². The summed E-state index contributed by atoms with van der Waals surface area (Å²) in [6, 6.07) is 26.6. The van der Waals surface area contributed by atoms with Crippen molar-refractivity contribution in [1.29, 1.82) is 0 Å². The summed E-state index contributed by atoms with van der Waals surface area (Å²) in [6.07, 6.45) is 0. The molecule has 3 aromatic carbocycles. The van der Waals surface area contributed by atoms with Crippen LogP contribution in [0.1, 0.15) is 15.9 Å². The summed E-state index contributed by atoms with van der Waals surface area (Å²) in [6.45, 7) is 1.94. The van der Waals surface area contributed by atoms with Crippen LogP contribution in [0, 0.1) is 6.92 Å². The van der Waals surface area contributed by atoms with Crippen LogP contribution in [0.25, 0.3) is 22.2 Å². The van der Waals surface area contributed by atoms with Gasteiger partial charge in [-0.1, -0.05) is 66.2 Å². The van der Waals surface area contributed by atoms with Gasteiger partial charge >= 0.3 is 0 Å². The highest BCUT2D eigenvalue weighted by Gasteiger charge is 2.19. The van der Waals surface area contributed by atoms with Crippen molar-refractivity contribution >= 4 is 28.4 Å². The number of nitrogens with one attached hydrogen (secondary N) is 1. The number of carbonyl (C=O) groups excluding carboxylic acids is 2. The molecule has 0 saturated carbocycles. The first kappa shape index (κ1) is 20.3. The van der Waals surface area contributed by atoms with Crippen molar-refractivity contribution in [3.63, 3.8) is 0 Å². The van der Waals surface area contributed by atoms with Crippen molar-refractivity contribution in [2.24, 2.45) is 0 Å². The van der Waals surface area contributed by atoms with Crippen LogP contribution < -0.4 is 5.32 Å². The van der Waals surface area contributed by atoms with E-state index in [0.29, 0.717) is 11.3 Å². The fourth-order valence-electron chi connectivity index (χ4n) is 3.44. The summed E-state index contributed by atoms with van der Waals surface area (Å²) in [5, 5.41) is 3.60. The summed E-state index contributed by atoms with van der Waals surface area (Å²) in [4.78, 5) is 31.9. The van der Waals surface area contributed by atoms with Crippen molar-refractivity contribution in [2.75, 3.05) is 18.9 Å². The normalized spacial score (nSPS) is 10.6. The van der Waals surface area contributed by atoms with E-state index in [1.807, 2.05) is 85.8 Å². The van der Waals surface area contributed by atoms with Crippen molar-refractivity contribution < 1.29 is 9.59 Å². The van der Waals surface area contributed by atoms with E-state index in [9.17, 15) is 9.59 Å². The number of hydrogen-bond acceptors (Lipinski definition) is 3. The number of aromatic nitrogens is 1. The number of hydrogen-bond donors (Lipinski definition) is 1. The third kappa shape index (κ3) is 4.61. The molecule has 0 aliphatic carbocycles. The summed E-state index contributed by atoms with van der Waals surface area (Å²) < 4.78 is 0. The number of rotatable bonds is 5. The lowest BCUT2D eigenvalue weighted by atomic mass is 10.0. The number of anilines is 1. The maximum absolute atomic E-state index is 13.3. The second kappa shape index (κ2) is 8.79. The predicted octanol–water partition coefficient (Wildman–Crippen LogP) is 4.92. The molecule has 0 fully saturated rings. The van der Waals surface area contributed by atoms with Gasteiger partial charge in [0, 0.05) is 23.7 Å². The SMILES string of the molecule is Cc1ccc(NC(=O)CN(C)C(=O)c2cc(-c3ccccc3)nc3ccccc23)cc1. The molecule has 0 radical (unpaired) electrons. The number of para-hydroxylation sites is 1. The van der Waals surface area contributed by atoms with Gasteiger partial charge in [0.15, 0.2) is 0 Å². The highest BCUT2D eigenvalue weighted by atomic mass is 16.2. The monoisotopic (exact) mass is 409 g/mol. The Morgan fingerprint density at radius 3 is 2.32 bits per heavy atom. The molecule has 31 heavy (non-hydrogen) atoms. The van der Waals surface area contributed by atoms with Crippen molar-refractivity contribution in [2.45, 2.75) is 6.92 Å². The summed E-state index contributed by atoms with van der Waals surface area (Å²) in [7, 11) is 1.63. The van der Waals surface area contributed by atoms with E-state index in [-0.39, 0.29) is 18.4 Å². The molecular weight excluding hydrogens is 386 g/mol. The average Bonchev–Trinajstić information content (AvgIpc) is 2.80. The number of amides is 2. The molecule has 1 N–H and O–H groups in total. The van der Waals surface area contributed by atoms with Crippen LogP contribution in [0.3, 0.4) is 0 Å². The number of likely N-dealkylation sites (N-methyl/N-ethyl adjacent to an activating group) is 1. The molecule has 0 saturated heterocycles. The quantitative estimate of drug-likeness (QED) is 0.509. The maximum atomic E-state index is 13.3. The van der Waals surface area contributed by atoms with Gasteiger partial charge in [-0.25, -0.2) is 4.98 Å². The minimum Gasteiger partial charge on any atom is -0.332 e. The van der Waals surface area contributed by atoms with E-state index in [1.54, 1.807) is 13.1 Å². The predicted molar refractivity (Wildman–Crippen MR) is 124 cm³/mol. The molecule has 0 bridgehead atoms. The molecule has 1 aromatic heterocycles. The average molecular weight is 409 g/mol. The molecule has 1 heterocycles. The highest BCUT2D eigenvalue weighted by Crippen LogP contribution is 2.25. The molecule has 4 aromatic rings. The van der Waals surface area contributed by atoms with Crippen molar-refractivity contribution in [1.82, 2.24) is 9.88 Å². The molecule has 0 unspecified atom stereocenters. The van der Waals surface area contributed by atoms with Crippen LogP contribution in [0.2, 0.25) is 0 Å². The topological polar surface area (TPSA) is 62.3 Å². The minimum absolute atomic E-state index is 0.0516. The van der Waals surface area contributed by atoms with Gasteiger partial charge in [0.05, 0.1) is 23.3 Å². The summed E-state index contributed by atoms with van der Waals surface area (Å²) >= 11 is 0. The van der Waals surface area contributed by atoms with Crippen LogP contribution in [0.4, 0.5) is 5.69 Å². The maximum Gasteiger partial charge on any atom is 0.254 e. The Hall–Kier alpha value is -3.99. The molecule has 4 rings (SSSR count). The first-order chi connectivity index (χ1) is 15.0. The smallest absolute Gasteiger partial charge is 0.254 e. The molecule has 154 valence electrons. The first-order valence-electron chi connectivity index (χ1n) is 10.1. The van der Waals surface area contributed by atoms with Crippen LogP contribution in [0.15, 0.2) is 84.9 Å². The number of benzene rings is 3. The zero-order chi connectivity index (χ0) is 21.8. The Balaban J connectivity index is 1.60. The standard InChI is InChI=1S/C26H23N3O2/c1-18-12-14-20(15-13-18)27-25(30)17-29(2)26(31)22-16-24(19-8-4-3-5-9-19)28-23-11-7-6-10-21(22)23/h3-16H,17H2,1-2H3,(H,27,30). The van der Waals surface area contributed by atoms with Crippen LogP contribution in [0.5, 0.6) is 0 Å². The number of aryl methyl sites for hydroxylation is 1. The van der Waals surface area contributed by atoms with Gasteiger partial charge in [0.1, 0.15) is 0 Å². The lowest BCUT2D eigenvalue weighted by molar-refractivity contribution is -0.116. The fourth-order valence-corrected chi connectivity index (χ4v) is 3.44. The van der Waals surface area contributed by atoms with Gasteiger partial charge in [-0.05, 0) is 31.2 Å². The van der Waals surface area contributed by atoms with Gasteiger partial charge in [-0.15, -0.1) is 0 Å². The van der Waals surface area contributed by atoms with E-state index < -0.39 is 0 Å². The van der Waals surface area contributed by atoms with Gasteiger partial charge in [0.2, 0.25) is 5.91 Å². The Morgan fingerprint density at radius 2 is 1.58 bits per heavy atom.